The third-order valence-electron chi connectivity index (χ3n) is 2.31. The number of nitrogens with zero attached hydrogens (tertiary/aromatic N) is 2. The third-order valence-corrected chi connectivity index (χ3v) is 3.44. The summed E-state index contributed by atoms with van der Waals surface area (Å²) in [5, 5.41) is 10.5. The largest absolute Gasteiger partial charge is 0.383 e. The molecule has 82 valence electrons. The van der Waals surface area contributed by atoms with E-state index < -0.39 is 6.10 Å². The van der Waals surface area contributed by atoms with Crippen molar-refractivity contribution in [1.29, 1.82) is 0 Å². The van der Waals surface area contributed by atoms with Gasteiger partial charge in [-0.3, -0.25) is 0 Å². The maximum Gasteiger partial charge on any atom is 0.185 e. The van der Waals surface area contributed by atoms with Crippen molar-refractivity contribution in [3.8, 4) is 0 Å². The molecule has 4 nitrogen and oxygen atoms in total. The van der Waals surface area contributed by atoms with Crippen LogP contribution in [0, 0.1) is 0 Å². The van der Waals surface area contributed by atoms with Crippen LogP contribution in [-0.4, -0.2) is 36.4 Å². The second kappa shape index (κ2) is 4.74. The van der Waals surface area contributed by atoms with Crippen LogP contribution in [0.25, 0.3) is 0 Å². The van der Waals surface area contributed by atoms with E-state index in [4.69, 9.17) is 4.74 Å². The van der Waals surface area contributed by atoms with E-state index in [0.29, 0.717) is 0 Å². The second-order valence-corrected chi connectivity index (χ2v) is 4.37. The number of hydrogen-bond acceptors (Lipinski definition) is 5. The van der Waals surface area contributed by atoms with Crippen molar-refractivity contribution in [2.24, 2.45) is 0 Å². The minimum atomic E-state index is -0.600. The van der Waals surface area contributed by atoms with Gasteiger partial charge in [0.2, 0.25) is 0 Å². The van der Waals surface area contributed by atoms with Crippen LogP contribution in [0.2, 0.25) is 0 Å². The fourth-order valence-electron chi connectivity index (χ4n) is 1.43. The Kier molecular flexibility index (Phi) is 3.35. The predicted octanol–water partition coefficient (Wildman–Crippen LogP) is 1.20. The molecule has 1 aliphatic rings. The van der Waals surface area contributed by atoms with Gasteiger partial charge >= 0.3 is 0 Å². The zero-order valence-corrected chi connectivity index (χ0v) is 9.24. The van der Waals surface area contributed by atoms with E-state index in [1.807, 2.05) is 0 Å². The Bertz CT molecular complexity index is 334. The van der Waals surface area contributed by atoms with Gasteiger partial charge in [0, 0.05) is 19.3 Å². The molecule has 1 unspecified atom stereocenters. The lowest BCUT2D eigenvalue weighted by Crippen LogP contribution is -2.36. The molecule has 5 heteroatoms. The molecule has 0 amide bonds. The van der Waals surface area contributed by atoms with Gasteiger partial charge in [0.15, 0.2) is 5.13 Å². The molecule has 0 aliphatic carbocycles. The number of hydrogen-bond donors (Lipinski definition) is 1. The van der Waals surface area contributed by atoms with Crippen molar-refractivity contribution < 1.29 is 9.84 Å². The van der Waals surface area contributed by atoms with Crippen molar-refractivity contribution in [2.75, 3.05) is 31.2 Å². The molecule has 0 spiro atoms. The minimum Gasteiger partial charge on any atom is -0.383 e. The zero-order chi connectivity index (χ0) is 10.7. The number of aliphatic hydroxyl groups excluding tert-OH is 1. The van der Waals surface area contributed by atoms with Gasteiger partial charge in [0.05, 0.1) is 18.1 Å². The van der Waals surface area contributed by atoms with E-state index in [2.05, 4.69) is 16.5 Å². The van der Waals surface area contributed by atoms with Crippen LogP contribution in [0.15, 0.2) is 18.9 Å². The number of thiazole rings is 1. The second-order valence-electron chi connectivity index (χ2n) is 3.33. The van der Waals surface area contributed by atoms with Crippen molar-refractivity contribution in [2.45, 2.75) is 6.10 Å². The standard InChI is InChI=1S/C10H14N2O2S/c1-2-8(13)9-7-11-10(15-9)12-3-5-14-6-4-12/h2,7-8,13H,1,3-6H2. The highest BCUT2D eigenvalue weighted by atomic mass is 32.1. The number of rotatable bonds is 3. The van der Waals surface area contributed by atoms with Crippen molar-refractivity contribution in [3.63, 3.8) is 0 Å². The quantitative estimate of drug-likeness (QED) is 0.787. The van der Waals surface area contributed by atoms with Gasteiger partial charge in [-0.25, -0.2) is 4.98 Å². The molecule has 1 aromatic heterocycles. The molecule has 2 rings (SSSR count). The van der Waals surface area contributed by atoms with Crippen molar-refractivity contribution in [3.05, 3.63) is 23.7 Å². The summed E-state index contributed by atoms with van der Waals surface area (Å²) >= 11 is 1.51. The molecule has 0 aromatic carbocycles. The van der Waals surface area contributed by atoms with E-state index in [0.717, 1.165) is 36.3 Å². The van der Waals surface area contributed by atoms with Crippen LogP contribution in [0.3, 0.4) is 0 Å². The lowest BCUT2D eigenvalue weighted by atomic mass is 10.3. The fourth-order valence-corrected chi connectivity index (χ4v) is 2.38. The maximum absolute atomic E-state index is 9.55. The Morgan fingerprint density at radius 3 is 3.00 bits per heavy atom. The topological polar surface area (TPSA) is 45.6 Å². The van der Waals surface area contributed by atoms with Gasteiger partial charge in [-0.1, -0.05) is 17.4 Å². The third kappa shape index (κ3) is 2.37. The SMILES string of the molecule is C=CC(O)c1cnc(N2CCOCC2)s1. The summed E-state index contributed by atoms with van der Waals surface area (Å²) in [7, 11) is 0. The molecule has 15 heavy (non-hydrogen) atoms. The van der Waals surface area contributed by atoms with Crippen LogP contribution in [-0.2, 0) is 4.74 Å². The Hall–Kier alpha value is -0.910. The first-order valence-corrected chi connectivity index (χ1v) is 5.72. The first kappa shape index (κ1) is 10.6. The zero-order valence-electron chi connectivity index (χ0n) is 8.43. The molecule has 1 aliphatic heterocycles. The summed E-state index contributed by atoms with van der Waals surface area (Å²) in [6, 6.07) is 0. The lowest BCUT2D eigenvalue weighted by molar-refractivity contribution is 0.122. The van der Waals surface area contributed by atoms with E-state index in [1.54, 1.807) is 6.20 Å². The number of morpholine rings is 1. The Balaban J connectivity index is 2.08. The summed E-state index contributed by atoms with van der Waals surface area (Å²) in [6.45, 7) is 6.80. The van der Waals surface area contributed by atoms with Gasteiger partial charge in [0.1, 0.15) is 6.10 Å². The average Bonchev–Trinajstić information content (AvgIpc) is 2.78. The van der Waals surface area contributed by atoms with E-state index in [9.17, 15) is 5.11 Å². The van der Waals surface area contributed by atoms with Crippen LogP contribution in [0.5, 0.6) is 0 Å². The Labute approximate surface area is 92.8 Å². The molecule has 0 bridgehead atoms. The normalized spacial score (nSPS) is 18.9. The molecule has 2 heterocycles. The number of ether oxygens (including phenoxy) is 1. The fraction of sp³-hybridized carbons (Fsp3) is 0.500. The van der Waals surface area contributed by atoms with Crippen LogP contribution >= 0.6 is 11.3 Å². The molecule has 0 radical (unpaired) electrons. The molecular formula is C10H14N2O2S. The highest BCUT2D eigenvalue weighted by Crippen LogP contribution is 2.27. The van der Waals surface area contributed by atoms with Gasteiger partial charge in [0.25, 0.3) is 0 Å². The minimum absolute atomic E-state index is 0.600. The van der Waals surface area contributed by atoms with Gasteiger partial charge in [-0.15, -0.1) is 6.58 Å². The molecule has 1 fully saturated rings. The average molecular weight is 226 g/mol. The maximum atomic E-state index is 9.55. The lowest BCUT2D eigenvalue weighted by Gasteiger charge is -2.26. The predicted molar refractivity (Wildman–Crippen MR) is 60.3 cm³/mol. The molecular weight excluding hydrogens is 212 g/mol. The number of aromatic nitrogens is 1. The molecule has 0 saturated carbocycles. The monoisotopic (exact) mass is 226 g/mol. The molecule has 1 saturated heterocycles. The molecule has 1 aromatic rings. The molecule has 1 atom stereocenters. The summed E-state index contributed by atoms with van der Waals surface area (Å²) in [5.74, 6) is 0. The van der Waals surface area contributed by atoms with Crippen LogP contribution in [0.1, 0.15) is 11.0 Å². The number of aliphatic hydroxyl groups is 1. The Morgan fingerprint density at radius 1 is 1.60 bits per heavy atom. The first-order chi connectivity index (χ1) is 7.31. The Morgan fingerprint density at radius 2 is 2.33 bits per heavy atom. The van der Waals surface area contributed by atoms with E-state index in [1.165, 1.54) is 17.4 Å². The van der Waals surface area contributed by atoms with Gasteiger partial charge in [-0.2, -0.15) is 0 Å². The highest BCUT2D eigenvalue weighted by molar-refractivity contribution is 7.15. The van der Waals surface area contributed by atoms with Crippen LogP contribution < -0.4 is 4.90 Å². The number of anilines is 1. The smallest absolute Gasteiger partial charge is 0.185 e. The molecule has 1 N–H and O–H groups in total. The van der Waals surface area contributed by atoms with Gasteiger partial charge in [-0.05, 0) is 0 Å². The van der Waals surface area contributed by atoms with E-state index in [-0.39, 0.29) is 0 Å². The summed E-state index contributed by atoms with van der Waals surface area (Å²) in [6.07, 6.45) is 2.62. The summed E-state index contributed by atoms with van der Waals surface area (Å²) < 4.78 is 5.27. The van der Waals surface area contributed by atoms with Gasteiger partial charge < -0.3 is 14.7 Å². The van der Waals surface area contributed by atoms with Crippen LogP contribution in [0.4, 0.5) is 5.13 Å². The van der Waals surface area contributed by atoms with Crippen molar-refractivity contribution >= 4 is 16.5 Å². The van der Waals surface area contributed by atoms with E-state index >= 15 is 0 Å². The summed E-state index contributed by atoms with van der Waals surface area (Å²) in [4.78, 5) is 7.30. The highest BCUT2D eigenvalue weighted by Gasteiger charge is 2.16. The first-order valence-electron chi connectivity index (χ1n) is 4.90. The summed E-state index contributed by atoms with van der Waals surface area (Å²) in [5.41, 5.74) is 0. The van der Waals surface area contributed by atoms with Crippen molar-refractivity contribution in [1.82, 2.24) is 4.98 Å².